The third-order valence-electron chi connectivity index (χ3n) is 3.75. The highest BCUT2D eigenvalue weighted by Crippen LogP contribution is 2.21. The highest BCUT2D eigenvalue weighted by molar-refractivity contribution is 9.10. The van der Waals surface area contributed by atoms with Crippen LogP contribution >= 0.6 is 15.9 Å². The van der Waals surface area contributed by atoms with Crippen LogP contribution in [0.3, 0.4) is 0 Å². The van der Waals surface area contributed by atoms with Crippen LogP contribution in [0.15, 0.2) is 64.4 Å². The molecule has 0 saturated carbocycles. The SMILES string of the molecule is COc1ccc(/C=N\NC(=O)c2ccc(O)cc2)cc1Cn1cc(Br)cn1. The van der Waals surface area contributed by atoms with Crippen molar-refractivity contribution in [2.75, 3.05) is 7.11 Å². The summed E-state index contributed by atoms with van der Waals surface area (Å²) in [5, 5.41) is 17.5. The molecule has 138 valence electrons. The number of amides is 1. The summed E-state index contributed by atoms with van der Waals surface area (Å²) in [5.41, 5.74) is 4.61. The summed E-state index contributed by atoms with van der Waals surface area (Å²) in [6.07, 6.45) is 5.15. The van der Waals surface area contributed by atoms with E-state index in [0.717, 1.165) is 21.3 Å². The second-order valence-electron chi connectivity index (χ2n) is 5.67. The molecule has 0 aliphatic heterocycles. The lowest BCUT2D eigenvalue weighted by atomic mass is 10.1. The summed E-state index contributed by atoms with van der Waals surface area (Å²) in [6.45, 7) is 0.538. The molecule has 0 spiro atoms. The maximum atomic E-state index is 12.0. The first-order valence-corrected chi connectivity index (χ1v) is 8.82. The zero-order valence-corrected chi connectivity index (χ0v) is 16.0. The average molecular weight is 429 g/mol. The van der Waals surface area contributed by atoms with Gasteiger partial charge in [0.05, 0.1) is 30.5 Å². The second kappa shape index (κ2) is 8.50. The summed E-state index contributed by atoms with van der Waals surface area (Å²) >= 11 is 3.38. The van der Waals surface area contributed by atoms with Crippen LogP contribution < -0.4 is 10.2 Å². The van der Waals surface area contributed by atoms with Gasteiger partial charge in [0.2, 0.25) is 0 Å². The van der Waals surface area contributed by atoms with E-state index in [4.69, 9.17) is 4.74 Å². The molecule has 0 saturated heterocycles. The summed E-state index contributed by atoms with van der Waals surface area (Å²) in [5.74, 6) is 0.485. The lowest BCUT2D eigenvalue weighted by molar-refractivity contribution is 0.0955. The topological polar surface area (TPSA) is 88.7 Å². The molecule has 1 amide bonds. The first-order chi connectivity index (χ1) is 13.0. The molecular formula is C19H17BrN4O3. The summed E-state index contributed by atoms with van der Waals surface area (Å²) in [4.78, 5) is 12.0. The number of hydrogen-bond donors (Lipinski definition) is 2. The molecule has 2 aromatic carbocycles. The quantitative estimate of drug-likeness (QED) is 0.466. The van der Waals surface area contributed by atoms with E-state index in [1.54, 1.807) is 24.2 Å². The maximum Gasteiger partial charge on any atom is 0.271 e. The molecule has 3 rings (SSSR count). The molecule has 2 N–H and O–H groups in total. The monoisotopic (exact) mass is 428 g/mol. The summed E-state index contributed by atoms with van der Waals surface area (Å²) < 4.78 is 8.09. The normalized spacial score (nSPS) is 10.9. The van der Waals surface area contributed by atoms with Gasteiger partial charge in [0.25, 0.3) is 5.91 Å². The highest BCUT2D eigenvalue weighted by Gasteiger charge is 2.07. The van der Waals surface area contributed by atoms with Crippen molar-refractivity contribution >= 4 is 28.1 Å². The van der Waals surface area contributed by atoms with Crippen LogP contribution in [-0.2, 0) is 6.54 Å². The number of hydrogen-bond acceptors (Lipinski definition) is 5. The smallest absolute Gasteiger partial charge is 0.271 e. The fraction of sp³-hybridized carbons (Fsp3) is 0.105. The molecule has 0 aliphatic rings. The minimum atomic E-state index is -0.360. The van der Waals surface area contributed by atoms with Crippen molar-refractivity contribution in [1.29, 1.82) is 0 Å². The molecule has 0 unspecified atom stereocenters. The van der Waals surface area contributed by atoms with Crippen molar-refractivity contribution in [3.63, 3.8) is 0 Å². The predicted octanol–water partition coefficient (Wildman–Crippen LogP) is 3.17. The molecule has 7 nitrogen and oxygen atoms in total. The van der Waals surface area contributed by atoms with Crippen molar-refractivity contribution in [2.45, 2.75) is 6.54 Å². The Kier molecular flexibility index (Phi) is 5.87. The Bertz CT molecular complexity index is 967. The average Bonchev–Trinajstić information content (AvgIpc) is 3.07. The summed E-state index contributed by atoms with van der Waals surface area (Å²) in [6, 6.07) is 11.5. The van der Waals surface area contributed by atoms with E-state index >= 15 is 0 Å². The third kappa shape index (κ3) is 4.95. The van der Waals surface area contributed by atoms with E-state index in [-0.39, 0.29) is 11.7 Å². The van der Waals surface area contributed by atoms with Gasteiger partial charge in [-0.1, -0.05) is 0 Å². The lowest BCUT2D eigenvalue weighted by Gasteiger charge is -2.09. The number of hydrazone groups is 1. The van der Waals surface area contributed by atoms with Gasteiger partial charge in [-0.2, -0.15) is 10.2 Å². The van der Waals surface area contributed by atoms with E-state index in [9.17, 15) is 9.90 Å². The number of nitrogens with one attached hydrogen (secondary N) is 1. The Morgan fingerprint density at radius 2 is 2.11 bits per heavy atom. The minimum absolute atomic E-state index is 0.102. The molecule has 1 aromatic heterocycles. The summed E-state index contributed by atoms with van der Waals surface area (Å²) in [7, 11) is 1.61. The van der Waals surface area contributed by atoms with Gasteiger partial charge >= 0.3 is 0 Å². The predicted molar refractivity (Wildman–Crippen MR) is 105 cm³/mol. The number of ether oxygens (including phenoxy) is 1. The Morgan fingerprint density at radius 3 is 2.78 bits per heavy atom. The van der Waals surface area contributed by atoms with Gasteiger partial charge in [0.15, 0.2) is 0 Å². The zero-order chi connectivity index (χ0) is 19.2. The Hall–Kier alpha value is -3.13. The molecule has 8 heteroatoms. The number of benzene rings is 2. The van der Waals surface area contributed by atoms with Gasteiger partial charge in [-0.25, -0.2) is 5.43 Å². The van der Waals surface area contributed by atoms with E-state index < -0.39 is 0 Å². The molecule has 27 heavy (non-hydrogen) atoms. The number of carbonyl (C=O) groups is 1. The zero-order valence-electron chi connectivity index (χ0n) is 14.5. The van der Waals surface area contributed by atoms with Crippen molar-refractivity contribution in [2.24, 2.45) is 5.10 Å². The Morgan fingerprint density at radius 1 is 1.33 bits per heavy atom. The highest BCUT2D eigenvalue weighted by atomic mass is 79.9. The van der Waals surface area contributed by atoms with Crippen LogP contribution in [0.4, 0.5) is 0 Å². The maximum absolute atomic E-state index is 12.0. The molecule has 0 radical (unpaired) electrons. The van der Waals surface area contributed by atoms with E-state index in [2.05, 4.69) is 31.6 Å². The van der Waals surface area contributed by atoms with E-state index in [1.165, 1.54) is 24.3 Å². The Labute approximate surface area is 164 Å². The van der Waals surface area contributed by atoms with Gasteiger partial charge in [-0.05, 0) is 64.0 Å². The first kappa shape index (κ1) is 18.7. The van der Waals surface area contributed by atoms with Crippen LogP contribution in [0, 0.1) is 0 Å². The van der Waals surface area contributed by atoms with E-state index in [1.807, 2.05) is 24.4 Å². The van der Waals surface area contributed by atoms with Crippen LogP contribution in [0.25, 0.3) is 0 Å². The fourth-order valence-electron chi connectivity index (χ4n) is 2.44. The number of halogens is 1. The molecule has 3 aromatic rings. The molecule has 0 aliphatic carbocycles. The number of rotatable bonds is 6. The molecule has 0 fully saturated rings. The third-order valence-corrected chi connectivity index (χ3v) is 4.16. The fourth-order valence-corrected chi connectivity index (χ4v) is 2.77. The lowest BCUT2D eigenvalue weighted by Crippen LogP contribution is -2.17. The van der Waals surface area contributed by atoms with Gasteiger partial charge < -0.3 is 9.84 Å². The van der Waals surface area contributed by atoms with Crippen LogP contribution in [0.2, 0.25) is 0 Å². The molecule has 0 bridgehead atoms. The molecule has 0 atom stereocenters. The van der Waals surface area contributed by atoms with Crippen molar-refractivity contribution < 1.29 is 14.6 Å². The van der Waals surface area contributed by atoms with Crippen molar-refractivity contribution in [3.8, 4) is 11.5 Å². The number of aromatic nitrogens is 2. The largest absolute Gasteiger partial charge is 0.508 e. The minimum Gasteiger partial charge on any atom is -0.508 e. The van der Waals surface area contributed by atoms with Crippen LogP contribution in [0.1, 0.15) is 21.5 Å². The van der Waals surface area contributed by atoms with Gasteiger partial charge in [-0.15, -0.1) is 0 Å². The van der Waals surface area contributed by atoms with E-state index in [0.29, 0.717) is 12.1 Å². The van der Waals surface area contributed by atoms with Gasteiger partial charge in [-0.3, -0.25) is 9.48 Å². The second-order valence-corrected chi connectivity index (χ2v) is 6.59. The first-order valence-electron chi connectivity index (χ1n) is 8.02. The van der Waals surface area contributed by atoms with Crippen molar-refractivity contribution in [3.05, 3.63) is 76.0 Å². The standard InChI is InChI=1S/C19H17BrN4O3/c1-27-18-7-2-13(8-15(18)11-24-12-16(20)10-22-24)9-21-23-19(26)14-3-5-17(25)6-4-14/h2-10,12,25H,11H2,1H3,(H,23,26)/b21-9-. The Balaban J connectivity index is 1.70. The van der Waals surface area contributed by atoms with Crippen molar-refractivity contribution in [1.82, 2.24) is 15.2 Å². The van der Waals surface area contributed by atoms with Crippen LogP contribution in [0.5, 0.6) is 11.5 Å². The van der Waals surface area contributed by atoms with Crippen LogP contribution in [-0.4, -0.2) is 34.1 Å². The number of carbonyl (C=O) groups excluding carboxylic acids is 1. The number of aromatic hydroxyl groups is 1. The van der Waals surface area contributed by atoms with Gasteiger partial charge in [0.1, 0.15) is 11.5 Å². The number of methoxy groups -OCH3 is 1. The molecule has 1 heterocycles. The number of nitrogens with zero attached hydrogens (tertiary/aromatic N) is 3. The molecular weight excluding hydrogens is 412 g/mol. The van der Waals surface area contributed by atoms with Gasteiger partial charge in [0, 0.05) is 17.3 Å². The number of phenolic OH excluding ortho intramolecular Hbond substituents is 1. The number of phenols is 1.